The van der Waals surface area contributed by atoms with Crippen LogP contribution in [0.15, 0.2) is 17.5 Å². The lowest BCUT2D eigenvalue weighted by molar-refractivity contribution is -0.138. The number of nitrogens with one attached hydrogen (secondary N) is 2. The van der Waals surface area contributed by atoms with Crippen LogP contribution in [0.4, 0.5) is 4.79 Å². The van der Waals surface area contributed by atoms with Gasteiger partial charge in [-0.15, -0.1) is 11.3 Å². The molecule has 1 fully saturated rings. The largest absolute Gasteiger partial charge is 0.480 e. The van der Waals surface area contributed by atoms with Crippen LogP contribution < -0.4 is 10.6 Å². The van der Waals surface area contributed by atoms with Crippen LogP contribution in [0.2, 0.25) is 0 Å². The van der Waals surface area contributed by atoms with Gasteiger partial charge in [-0.2, -0.15) is 0 Å². The number of carboxylic acid groups (broad SMARTS) is 1. The van der Waals surface area contributed by atoms with Crippen LogP contribution in [0.25, 0.3) is 0 Å². The summed E-state index contributed by atoms with van der Waals surface area (Å²) in [5.74, 6) is -1.16. The van der Waals surface area contributed by atoms with Crippen molar-refractivity contribution in [3.8, 4) is 0 Å². The Hall–Kier alpha value is -1.97. The normalized spacial score (nSPS) is 18.3. The molecule has 1 unspecified atom stereocenters. The molecule has 1 aromatic rings. The zero-order chi connectivity index (χ0) is 18.9. The van der Waals surface area contributed by atoms with Gasteiger partial charge in [0.1, 0.15) is 0 Å². The Morgan fingerprint density at radius 3 is 2.85 bits per heavy atom. The number of rotatable bonds is 7. The van der Waals surface area contributed by atoms with Crippen molar-refractivity contribution < 1.29 is 19.5 Å². The molecule has 0 spiro atoms. The lowest BCUT2D eigenvalue weighted by Gasteiger charge is -2.25. The first-order valence-corrected chi connectivity index (χ1v) is 9.56. The second-order valence-corrected chi connectivity index (χ2v) is 7.51. The molecule has 144 valence electrons. The highest BCUT2D eigenvalue weighted by Gasteiger charge is 2.23. The first-order chi connectivity index (χ1) is 12.4. The van der Waals surface area contributed by atoms with Gasteiger partial charge < -0.3 is 10.4 Å². The van der Waals surface area contributed by atoms with E-state index in [4.69, 9.17) is 5.11 Å². The molecule has 8 nitrogen and oxygen atoms in total. The van der Waals surface area contributed by atoms with Crippen molar-refractivity contribution in [1.82, 2.24) is 20.4 Å². The number of hydrogen-bond acceptors (Lipinski definition) is 6. The van der Waals surface area contributed by atoms with Gasteiger partial charge in [-0.1, -0.05) is 6.07 Å². The van der Waals surface area contributed by atoms with Crippen molar-refractivity contribution in [2.24, 2.45) is 0 Å². The number of carbonyl (C=O) groups is 3. The molecule has 0 bridgehead atoms. The second-order valence-electron chi connectivity index (χ2n) is 6.48. The molecule has 1 atom stereocenters. The average molecular weight is 382 g/mol. The summed E-state index contributed by atoms with van der Waals surface area (Å²) in [4.78, 5) is 39.6. The summed E-state index contributed by atoms with van der Waals surface area (Å²) in [6, 6.07) is 3.54. The van der Waals surface area contributed by atoms with Crippen molar-refractivity contribution >= 4 is 29.2 Å². The van der Waals surface area contributed by atoms with E-state index in [2.05, 4.69) is 10.6 Å². The number of thiophene rings is 1. The monoisotopic (exact) mass is 382 g/mol. The fraction of sp³-hybridized carbons (Fsp3) is 0.588. The highest BCUT2D eigenvalue weighted by molar-refractivity contribution is 7.09. The van der Waals surface area contributed by atoms with E-state index in [0.29, 0.717) is 13.1 Å². The van der Waals surface area contributed by atoms with E-state index < -0.39 is 12.0 Å². The van der Waals surface area contributed by atoms with E-state index in [9.17, 15) is 14.4 Å². The van der Waals surface area contributed by atoms with Gasteiger partial charge in [-0.3, -0.25) is 24.7 Å². The number of carboxylic acids is 1. The number of carbonyl (C=O) groups excluding carboxylic acids is 2. The lowest BCUT2D eigenvalue weighted by Crippen LogP contribution is -2.44. The first-order valence-electron chi connectivity index (χ1n) is 8.68. The number of imide groups is 1. The summed E-state index contributed by atoms with van der Waals surface area (Å²) in [6.45, 7) is 2.07. The van der Waals surface area contributed by atoms with Crippen LogP contribution in [0.1, 0.15) is 24.1 Å². The summed E-state index contributed by atoms with van der Waals surface area (Å²) in [5, 5.41) is 15.9. The minimum atomic E-state index is -0.832. The number of urea groups is 1. The maximum absolute atomic E-state index is 12.1. The van der Waals surface area contributed by atoms with Gasteiger partial charge in [0.15, 0.2) is 0 Å². The van der Waals surface area contributed by atoms with Crippen molar-refractivity contribution in [3.63, 3.8) is 0 Å². The Kier molecular flexibility index (Phi) is 8.02. The van der Waals surface area contributed by atoms with Gasteiger partial charge in [-0.25, -0.2) is 4.79 Å². The van der Waals surface area contributed by atoms with E-state index in [1.165, 1.54) is 0 Å². The molecular weight excluding hydrogens is 356 g/mol. The number of amides is 3. The van der Waals surface area contributed by atoms with E-state index in [1.54, 1.807) is 11.3 Å². The average Bonchev–Trinajstić information content (AvgIpc) is 2.98. The highest BCUT2D eigenvalue weighted by atomic mass is 32.1. The molecule has 2 heterocycles. The van der Waals surface area contributed by atoms with Gasteiger partial charge in [-0.05, 0) is 44.3 Å². The summed E-state index contributed by atoms with van der Waals surface area (Å²) in [5.41, 5.74) is 0. The molecule has 1 aromatic heterocycles. The Bertz CT molecular complexity index is 608. The molecular formula is C17H26N4O4S. The van der Waals surface area contributed by atoms with E-state index in [1.807, 2.05) is 34.4 Å². The molecule has 3 N–H and O–H groups in total. The van der Waals surface area contributed by atoms with Gasteiger partial charge >= 0.3 is 12.0 Å². The quantitative estimate of drug-likeness (QED) is 0.649. The van der Waals surface area contributed by atoms with Crippen LogP contribution in [0, 0.1) is 0 Å². The van der Waals surface area contributed by atoms with Crippen molar-refractivity contribution in [1.29, 1.82) is 0 Å². The third-order valence-corrected chi connectivity index (χ3v) is 5.30. The maximum atomic E-state index is 12.1. The molecule has 26 heavy (non-hydrogen) atoms. The maximum Gasteiger partial charge on any atom is 0.321 e. The van der Waals surface area contributed by atoms with E-state index in [-0.39, 0.29) is 25.0 Å². The van der Waals surface area contributed by atoms with E-state index >= 15 is 0 Å². The van der Waals surface area contributed by atoms with Crippen LogP contribution in [0.5, 0.6) is 0 Å². The van der Waals surface area contributed by atoms with Crippen molar-refractivity contribution in [3.05, 3.63) is 22.4 Å². The topological polar surface area (TPSA) is 102 Å². The molecule has 1 aliphatic heterocycles. The van der Waals surface area contributed by atoms with Crippen LogP contribution in [-0.2, 0) is 16.1 Å². The molecule has 3 amide bonds. The third-order valence-electron chi connectivity index (χ3n) is 4.42. The molecule has 2 rings (SSSR count). The van der Waals surface area contributed by atoms with Crippen LogP contribution in [-0.4, -0.2) is 72.1 Å². The minimum Gasteiger partial charge on any atom is -0.480 e. The SMILES string of the molecule is CN(CC(=O)O)C1CCCN(CC(=O)NC(=O)NCc2cccs2)CC1. The highest BCUT2D eigenvalue weighted by Crippen LogP contribution is 2.15. The summed E-state index contributed by atoms with van der Waals surface area (Å²) in [7, 11) is 1.82. The fourth-order valence-electron chi connectivity index (χ4n) is 3.07. The predicted molar refractivity (Wildman–Crippen MR) is 99.0 cm³/mol. The number of likely N-dealkylation sites (N-methyl/N-ethyl adjacent to an activating group) is 1. The molecule has 1 aliphatic rings. The molecule has 0 radical (unpaired) electrons. The molecule has 1 saturated heterocycles. The number of likely N-dealkylation sites (tertiary alicyclic amines) is 1. The Morgan fingerprint density at radius 1 is 1.35 bits per heavy atom. The van der Waals surface area contributed by atoms with Crippen LogP contribution >= 0.6 is 11.3 Å². The zero-order valence-electron chi connectivity index (χ0n) is 14.9. The summed E-state index contributed by atoms with van der Waals surface area (Å²) in [6.07, 6.45) is 2.61. The van der Waals surface area contributed by atoms with Crippen molar-refractivity contribution in [2.45, 2.75) is 31.8 Å². The van der Waals surface area contributed by atoms with E-state index in [0.717, 1.165) is 30.7 Å². The number of nitrogens with zero attached hydrogens (tertiary/aromatic N) is 2. The molecule has 0 aromatic carbocycles. The summed E-state index contributed by atoms with van der Waals surface area (Å²) >= 11 is 1.54. The van der Waals surface area contributed by atoms with Gasteiger partial charge in [0, 0.05) is 17.5 Å². The Labute approximate surface area is 157 Å². The first kappa shape index (κ1) is 20.3. The fourth-order valence-corrected chi connectivity index (χ4v) is 3.72. The predicted octanol–water partition coefficient (Wildman–Crippen LogP) is 0.945. The second kappa shape index (κ2) is 10.2. The third kappa shape index (κ3) is 7.11. The Morgan fingerprint density at radius 2 is 2.15 bits per heavy atom. The smallest absolute Gasteiger partial charge is 0.321 e. The molecule has 0 aliphatic carbocycles. The molecule has 9 heteroatoms. The molecule has 0 saturated carbocycles. The van der Waals surface area contributed by atoms with Gasteiger partial charge in [0.2, 0.25) is 5.91 Å². The number of hydrogen-bond donors (Lipinski definition) is 3. The lowest BCUT2D eigenvalue weighted by atomic mass is 10.1. The van der Waals surface area contributed by atoms with Gasteiger partial charge in [0.25, 0.3) is 0 Å². The number of aliphatic carboxylic acids is 1. The Balaban J connectivity index is 1.69. The van der Waals surface area contributed by atoms with Gasteiger partial charge in [0.05, 0.1) is 19.6 Å². The standard InChI is InChI=1S/C17H26N4O4S/c1-20(12-16(23)24)13-4-2-7-21(8-6-13)11-15(22)19-17(25)18-10-14-5-3-9-26-14/h3,5,9,13H,2,4,6-8,10-12H2,1H3,(H,23,24)(H2,18,19,22,25). The van der Waals surface area contributed by atoms with Crippen LogP contribution in [0.3, 0.4) is 0 Å². The zero-order valence-corrected chi connectivity index (χ0v) is 15.8. The summed E-state index contributed by atoms with van der Waals surface area (Å²) < 4.78 is 0. The minimum absolute atomic E-state index is 0.0234. The van der Waals surface area contributed by atoms with Crippen molar-refractivity contribution in [2.75, 3.05) is 33.2 Å².